The number of phenols is 1. The van der Waals surface area contributed by atoms with Gasteiger partial charge in [0, 0.05) is 12.7 Å². The zero-order valence-electron chi connectivity index (χ0n) is 13.8. The van der Waals surface area contributed by atoms with Gasteiger partial charge in [0.15, 0.2) is 16.7 Å². The van der Waals surface area contributed by atoms with Gasteiger partial charge in [-0.15, -0.1) is 0 Å². The smallest absolute Gasteiger partial charge is 0.241 e. The maximum absolute atomic E-state index is 12.4. The summed E-state index contributed by atoms with van der Waals surface area (Å²) in [7, 11) is 3.33. The molecule has 6 nitrogen and oxygen atoms in total. The maximum Gasteiger partial charge on any atom is 0.241 e. The van der Waals surface area contributed by atoms with Gasteiger partial charge in [0.25, 0.3) is 0 Å². The molecule has 0 aliphatic carbocycles. The first-order chi connectivity index (χ1) is 11.4. The molecule has 24 heavy (non-hydrogen) atoms. The number of hydrogen-bond acceptors (Lipinski definition) is 5. The topological polar surface area (TPSA) is 74.7 Å². The fourth-order valence-corrected chi connectivity index (χ4v) is 2.34. The van der Waals surface area contributed by atoms with E-state index < -0.39 is 6.04 Å². The molecule has 0 fully saturated rings. The van der Waals surface area contributed by atoms with Crippen LogP contribution in [0.15, 0.2) is 36.5 Å². The van der Waals surface area contributed by atoms with Crippen LogP contribution >= 0.6 is 11.6 Å². The summed E-state index contributed by atoms with van der Waals surface area (Å²) in [6.45, 7) is 2.29. The highest BCUT2D eigenvalue weighted by Crippen LogP contribution is 2.27. The van der Waals surface area contributed by atoms with Crippen molar-refractivity contribution in [2.75, 3.05) is 19.5 Å². The average Bonchev–Trinajstić information content (AvgIpc) is 2.56. The first-order valence-corrected chi connectivity index (χ1v) is 7.77. The maximum atomic E-state index is 12.4. The Bertz CT molecular complexity index is 724. The van der Waals surface area contributed by atoms with E-state index in [2.05, 4.69) is 10.3 Å². The van der Waals surface area contributed by atoms with Crippen molar-refractivity contribution in [2.24, 2.45) is 0 Å². The van der Waals surface area contributed by atoms with Crippen LogP contribution in [-0.2, 0) is 11.3 Å². The van der Waals surface area contributed by atoms with E-state index in [9.17, 15) is 9.90 Å². The molecule has 2 rings (SSSR count). The standard InChI is InChI=1S/C17H20ClN3O3/c1-11(17(23)20-13-5-4-8-19-16(13)18)21(2)10-12-6-7-15(24-3)14(22)9-12/h4-9,11,22H,10H2,1-3H3,(H,20,23). The van der Waals surface area contributed by atoms with Crippen molar-refractivity contribution in [2.45, 2.75) is 19.5 Å². The fourth-order valence-electron chi connectivity index (χ4n) is 2.18. The van der Waals surface area contributed by atoms with Gasteiger partial charge in [-0.2, -0.15) is 0 Å². The molecule has 2 aromatic rings. The van der Waals surface area contributed by atoms with E-state index in [-0.39, 0.29) is 16.8 Å². The molecule has 0 spiro atoms. The van der Waals surface area contributed by atoms with E-state index in [0.29, 0.717) is 18.0 Å². The molecular formula is C17H20ClN3O3. The van der Waals surface area contributed by atoms with Crippen molar-refractivity contribution in [1.82, 2.24) is 9.88 Å². The third-order valence-corrected chi connectivity index (χ3v) is 4.03. The van der Waals surface area contributed by atoms with E-state index in [0.717, 1.165) is 5.56 Å². The van der Waals surface area contributed by atoms with Gasteiger partial charge in [0.1, 0.15) is 0 Å². The molecule has 1 atom stereocenters. The Labute approximate surface area is 146 Å². The van der Waals surface area contributed by atoms with E-state index in [1.807, 2.05) is 18.0 Å². The Balaban J connectivity index is 2.01. The third kappa shape index (κ3) is 4.37. The molecule has 0 saturated heterocycles. The highest BCUT2D eigenvalue weighted by molar-refractivity contribution is 6.32. The second-order valence-corrected chi connectivity index (χ2v) is 5.79. The molecule has 1 unspecified atom stereocenters. The average molecular weight is 350 g/mol. The van der Waals surface area contributed by atoms with Gasteiger partial charge in [-0.05, 0) is 43.8 Å². The Morgan fingerprint density at radius 3 is 2.83 bits per heavy atom. The minimum Gasteiger partial charge on any atom is -0.504 e. The van der Waals surface area contributed by atoms with Gasteiger partial charge in [-0.25, -0.2) is 4.98 Å². The Hall–Kier alpha value is -2.31. The summed E-state index contributed by atoms with van der Waals surface area (Å²) in [5, 5.41) is 12.8. The number of ether oxygens (including phenoxy) is 1. The lowest BCUT2D eigenvalue weighted by molar-refractivity contribution is -0.120. The second-order valence-electron chi connectivity index (χ2n) is 5.43. The number of aromatic hydroxyl groups is 1. The van der Waals surface area contributed by atoms with Gasteiger partial charge in [-0.3, -0.25) is 9.69 Å². The minimum absolute atomic E-state index is 0.0719. The molecule has 1 aromatic carbocycles. The predicted molar refractivity (Wildman–Crippen MR) is 93.5 cm³/mol. The van der Waals surface area contributed by atoms with E-state index in [1.54, 1.807) is 37.4 Å². The first kappa shape index (κ1) is 18.0. The number of rotatable bonds is 6. The lowest BCUT2D eigenvalue weighted by Crippen LogP contribution is -2.39. The van der Waals surface area contributed by atoms with Crippen molar-refractivity contribution in [3.05, 3.63) is 47.2 Å². The number of amides is 1. The highest BCUT2D eigenvalue weighted by atomic mass is 35.5. The molecule has 0 aliphatic rings. The molecule has 7 heteroatoms. The van der Waals surface area contributed by atoms with Crippen molar-refractivity contribution in [1.29, 1.82) is 0 Å². The number of aromatic nitrogens is 1. The van der Waals surface area contributed by atoms with Crippen LogP contribution in [0.1, 0.15) is 12.5 Å². The highest BCUT2D eigenvalue weighted by Gasteiger charge is 2.19. The van der Waals surface area contributed by atoms with Crippen LogP contribution in [0, 0.1) is 0 Å². The first-order valence-electron chi connectivity index (χ1n) is 7.40. The van der Waals surface area contributed by atoms with Gasteiger partial charge < -0.3 is 15.2 Å². The molecule has 1 heterocycles. The summed E-state index contributed by atoms with van der Waals surface area (Å²) < 4.78 is 5.02. The molecule has 0 saturated carbocycles. The lowest BCUT2D eigenvalue weighted by atomic mass is 10.1. The number of carbonyl (C=O) groups excluding carboxylic acids is 1. The number of benzene rings is 1. The molecular weight excluding hydrogens is 330 g/mol. The van der Waals surface area contributed by atoms with Crippen LogP contribution in [-0.4, -0.2) is 41.1 Å². The molecule has 128 valence electrons. The molecule has 2 N–H and O–H groups in total. The van der Waals surface area contributed by atoms with Crippen molar-refractivity contribution < 1.29 is 14.6 Å². The molecule has 1 amide bonds. The summed E-state index contributed by atoms with van der Waals surface area (Å²) in [6.07, 6.45) is 1.56. The Morgan fingerprint density at radius 2 is 2.21 bits per heavy atom. The number of halogens is 1. The number of nitrogens with one attached hydrogen (secondary N) is 1. The number of hydrogen-bond donors (Lipinski definition) is 2. The van der Waals surface area contributed by atoms with E-state index in [1.165, 1.54) is 7.11 Å². The van der Waals surface area contributed by atoms with E-state index >= 15 is 0 Å². The quantitative estimate of drug-likeness (QED) is 0.784. The molecule has 1 aromatic heterocycles. The SMILES string of the molecule is COc1ccc(CN(C)C(C)C(=O)Nc2cccnc2Cl)cc1O. The molecule has 0 aliphatic heterocycles. The summed E-state index contributed by atoms with van der Waals surface area (Å²) >= 11 is 5.95. The summed E-state index contributed by atoms with van der Waals surface area (Å²) in [6, 6.07) is 8.16. The Kier molecular flexibility index (Phi) is 6.00. The largest absolute Gasteiger partial charge is 0.504 e. The van der Waals surface area contributed by atoms with E-state index in [4.69, 9.17) is 16.3 Å². The van der Waals surface area contributed by atoms with Crippen molar-refractivity contribution in [3.63, 3.8) is 0 Å². The zero-order valence-corrected chi connectivity index (χ0v) is 14.5. The minimum atomic E-state index is -0.398. The van der Waals surface area contributed by atoms with Crippen molar-refractivity contribution >= 4 is 23.2 Å². The van der Waals surface area contributed by atoms with Crippen LogP contribution in [0.3, 0.4) is 0 Å². The number of pyridine rings is 1. The molecule has 0 bridgehead atoms. The van der Waals surface area contributed by atoms with Crippen LogP contribution in [0.2, 0.25) is 5.15 Å². The van der Waals surface area contributed by atoms with Crippen LogP contribution < -0.4 is 10.1 Å². The zero-order chi connectivity index (χ0) is 17.7. The number of nitrogens with zero attached hydrogens (tertiary/aromatic N) is 2. The number of anilines is 1. The number of methoxy groups -OCH3 is 1. The van der Waals surface area contributed by atoms with Crippen molar-refractivity contribution in [3.8, 4) is 11.5 Å². The fraction of sp³-hybridized carbons (Fsp3) is 0.294. The normalized spacial score (nSPS) is 12.0. The summed E-state index contributed by atoms with van der Waals surface area (Å²) in [5.41, 5.74) is 1.35. The number of likely N-dealkylation sites (N-methyl/N-ethyl adjacent to an activating group) is 1. The number of phenolic OH excluding ortho intramolecular Hbond substituents is 1. The summed E-state index contributed by atoms with van der Waals surface area (Å²) in [4.78, 5) is 18.1. The van der Waals surface area contributed by atoms with Gasteiger partial charge in [-0.1, -0.05) is 17.7 Å². The van der Waals surface area contributed by atoms with Gasteiger partial charge in [0.2, 0.25) is 5.91 Å². The van der Waals surface area contributed by atoms with Crippen LogP contribution in [0.4, 0.5) is 5.69 Å². The lowest BCUT2D eigenvalue weighted by Gasteiger charge is -2.24. The van der Waals surface area contributed by atoms with Gasteiger partial charge in [0.05, 0.1) is 18.8 Å². The third-order valence-electron chi connectivity index (χ3n) is 3.73. The second kappa shape index (κ2) is 7.99. The summed E-state index contributed by atoms with van der Waals surface area (Å²) in [5.74, 6) is 0.297. The monoisotopic (exact) mass is 349 g/mol. The number of carbonyl (C=O) groups is 1. The Morgan fingerprint density at radius 1 is 1.46 bits per heavy atom. The van der Waals surface area contributed by atoms with Crippen LogP contribution in [0.5, 0.6) is 11.5 Å². The van der Waals surface area contributed by atoms with Crippen LogP contribution in [0.25, 0.3) is 0 Å². The molecule has 0 radical (unpaired) electrons. The van der Waals surface area contributed by atoms with Gasteiger partial charge >= 0.3 is 0 Å². The predicted octanol–water partition coefficient (Wildman–Crippen LogP) is 2.91.